The van der Waals surface area contributed by atoms with E-state index in [1.165, 1.54) is 0 Å². The molecule has 1 saturated heterocycles. The van der Waals surface area contributed by atoms with E-state index in [0.29, 0.717) is 41.2 Å². The molecule has 0 spiro atoms. The molecule has 1 amide bonds. The maximum Gasteiger partial charge on any atom is 0.291 e. The lowest BCUT2D eigenvalue weighted by atomic mass is 10.1. The monoisotopic (exact) mass is 413 g/mol. The third kappa shape index (κ3) is 4.18. The number of aromatic amines is 1. The molecule has 3 N–H and O–H groups in total. The van der Waals surface area contributed by atoms with Gasteiger partial charge in [-0.2, -0.15) is 5.10 Å². The van der Waals surface area contributed by atoms with E-state index in [9.17, 15) is 4.79 Å². The van der Waals surface area contributed by atoms with Gasteiger partial charge in [0.25, 0.3) is 5.91 Å². The molecule has 8 nitrogen and oxygen atoms in total. The molecular weight excluding hydrogens is 390 g/mol. The van der Waals surface area contributed by atoms with Crippen molar-refractivity contribution in [1.29, 1.82) is 0 Å². The van der Waals surface area contributed by atoms with Gasteiger partial charge in [0.15, 0.2) is 5.82 Å². The summed E-state index contributed by atoms with van der Waals surface area (Å²) in [5.74, 6) is 1.44. The van der Waals surface area contributed by atoms with Crippen LogP contribution >= 0.6 is 11.6 Å². The lowest BCUT2D eigenvalue weighted by Gasteiger charge is -2.31. The van der Waals surface area contributed by atoms with Crippen molar-refractivity contribution < 1.29 is 4.79 Å². The Balaban J connectivity index is 1.72. The highest BCUT2D eigenvalue weighted by molar-refractivity contribution is 6.31. The fraction of sp³-hybridized carbons (Fsp3) is 0.400. The molecule has 0 bridgehead atoms. The predicted molar refractivity (Wildman–Crippen MR) is 114 cm³/mol. The van der Waals surface area contributed by atoms with Crippen molar-refractivity contribution in [3.8, 4) is 0 Å². The number of carbonyl (C=O) groups is 1. The number of rotatable bonds is 4. The molecule has 0 aliphatic carbocycles. The zero-order chi connectivity index (χ0) is 20.5. The first kappa shape index (κ1) is 19.6. The van der Waals surface area contributed by atoms with E-state index >= 15 is 0 Å². The molecule has 3 aromatic rings. The summed E-state index contributed by atoms with van der Waals surface area (Å²) in [5, 5.41) is 15.2. The SMILES string of the molecule is CC(C)c1cc(Nc2nc(C(=O)N3CCN[C@H](C)C3)nc3ccc(Cl)cc23)n[nH]1. The molecule has 0 radical (unpaired) electrons. The van der Waals surface area contributed by atoms with Crippen LogP contribution in [0.25, 0.3) is 10.9 Å². The summed E-state index contributed by atoms with van der Waals surface area (Å²) in [6, 6.07) is 7.51. The minimum Gasteiger partial charge on any atom is -0.333 e. The Labute approximate surface area is 174 Å². The van der Waals surface area contributed by atoms with Crippen molar-refractivity contribution in [2.45, 2.75) is 32.7 Å². The van der Waals surface area contributed by atoms with E-state index < -0.39 is 0 Å². The molecule has 0 saturated carbocycles. The van der Waals surface area contributed by atoms with Crippen LogP contribution < -0.4 is 10.6 Å². The highest BCUT2D eigenvalue weighted by atomic mass is 35.5. The molecule has 1 aromatic carbocycles. The molecule has 1 aliphatic rings. The van der Waals surface area contributed by atoms with Crippen LogP contribution in [0, 0.1) is 0 Å². The summed E-state index contributed by atoms with van der Waals surface area (Å²) in [5.41, 5.74) is 1.66. The van der Waals surface area contributed by atoms with Crippen LogP contribution in [0.15, 0.2) is 24.3 Å². The molecule has 1 fully saturated rings. The zero-order valence-electron chi connectivity index (χ0n) is 16.7. The number of aromatic nitrogens is 4. The molecular formula is C20H24ClN7O. The van der Waals surface area contributed by atoms with E-state index in [1.807, 2.05) is 6.07 Å². The molecule has 2 aromatic heterocycles. The lowest BCUT2D eigenvalue weighted by Crippen LogP contribution is -2.51. The standard InChI is InChI=1S/C20H24ClN7O/c1-11(2)16-9-17(27-26-16)24-18-14-8-13(21)4-5-15(14)23-19(25-18)20(29)28-7-6-22-12(3)10-28/h4-5,8-9,11-12,22H,6-7,10H2,1-3H3,(H2,23,24,25,26,27)/t12-/m1/s1. The maximum absolute atomic E-state index is 13.1. The molecule has 1 aliphatic heterocycles. The first-order valence-electron chi connectivity index (χ1n) is 9.73. The fourth-order valence-electron chi connectivity index (χ4n) is 3.37. The number of nitrogens with zero attached hydrogens (tertiary/aromatic N) is 4. The smallest absolute Gasteiger partial charge is 0.291 e. The number of benzene rings is 1. The summed E-state index contributed by atoms with van der Waals surface area (Å²) in [4.78, 5) is 23.9. The van der Waals surface area contributed by atoms with Gasteiger partial charge in [0.1, 0.15) is 5.82 Å². The van der Waals surface area contributed by atoms with Crippen molar-refractivity contribution >= 4 is 40.0 Å². The second-order valence-corrected chi connectivity index (χ2v) is 8.09. The Kier molecular flexibility index (Phi) is 5.38. The molecule has 1 atom stereocenters. The number of amides is 1. The van der Waals surface area contributed by atoms with Crippen LogP contribution in [0.3, 0.4) is 0 Å². The highest BCUT2D eigenvalue weighted by Gasteiger charge is 2.25. The lowest BCUT2D eigenvalue weighted by molar-refractivity contribution is 0.0697. The van der Waals surface area contributed by atoms with E-state index in [2.05, 4.69) is 51.6 Å². The first-order chi connectivity index (χ1) is 13.9. The number of anilines is 2. The van der Waals surface area contributed by atoms with Gasteiger partial charge in [-0.05, 0) is 31.0 Å². The minimum atomic E-state index is -0.178. The summed E-state index contributed by atoms with van der Waals surface area (Å²) >= 11 is 6.19. The number of piperazine rings is 1. The molecule has 0 unspecified atom stereocenters. The third-order valence-electron chi connectivity index (χ3n) is 4.97. The Hall–Kier alpha value is -2.71. The molecule has 9 heteroatoms. The van der Waals surface area contributed by atoms with Crippen LogP contribution in [-0.4, -0.2) is 56.6 Å². The first-order valence-corrected chi connectivity index (χ1v) is 10.1. The average Bonchev–Trinajstić information content (AvgIpc) is 3.16. The Morgan fingerprint density at radius 2 is 2.14 bits per heavy atom. The Bertz CT molecular complexity index is 1050. The van der Waals surface area contributed by atoms with E-state index in [4.69, 9.17) is 11.6 Å². The van der Waals surface area contributed by atoms with Crippen molar-refractivity contribution in [2.75, 3.05) is 25.0 Å². The number of halogens is 1. The Morgan fingerprint density at radius 1 is 1.31 bits per heavy atom. The quantitative estimate of drug-likeness (QED) is 0.607. The normalized spacial score (nSPS) is 17.1. The van der Waals surface area contributed by atoms with Gasteiger partial charge >= 0.3 is 0 Å². The minimum absolute atomic E-state index is 0.163. The average molecular weight is 414 g/mol. The van der Waals surface area contributed by atoms with Crippen LogP contribution in [0.2, 0.25) is 5.02 Å². The van der Waals surface area contributed by atoms with Gasteiger partial charge in [-0.1, -0.05) is 25.4 Å². The second kappa shape index (κ2) is 7.96. The molecule has 152 valence electrons. The van der Waals surface area contributed by atoms with E-state index in [-0.39, 0.29) is 17.8 Å². The van der Waals surface area contributed by atoms with Gasteiger partial charge in [0, 0.05) is 47.8 Å². The third-order valence-corrected chi connectivity index (χ3v) is 5.21. The maximum atomic E-state index is 13.1. The molecule has 3 heterocycles. The van der Waals surface area contributed by atoms with Gasteiger partial charge in [-0.3, -0.25) is 9.89 Å². The predicted octanol–water partition coefficient (Wildman–Crippen LogP) is 3.31. The summed E-state index contributed by atoms with van der Waals surface area (Å²) in [6.45, 7) is 8.24. The number of fused-ring (bicyclic) bond motifs is 1. The van der Waals surface area contributed by atoms with Crippen LogP contribution in [0.4, 0.5) is 11.6 Å². The van der Waals surface area contributed by atoms with E-state index in [0.717, 1.165) is 17.6 Å². The topological polar surface area (TPSA) is 98.8 Å². The van der Waals surface area contributed by atoms with Gasteiger partial charge in [0.2, 0.25) is 5.82 Å². The van der Waals surface area contributed by atoms with Gasteiger partial charge in [-0.25, -0.2) is 9.97 Å². The zero-order valence-corrected chi connectivity index (χ0v) is 17.4. The summed E-state index contributed by atoms with van der Waals surface area (Å²) in [6.07, 6.45) is 0. The fourth-order valence-corrected chi connectivity index (χ4v) is 3.54. The van der Waals surface area contributed by atoms with Crippen LogP contribution in [0.5, 0.6) is 0 Å². The van der Waals surface area contributed by atoms with Crippen LogP contribution in [0.1, 0.15) is 43.0 Å². The summed E-state index contributed by atoms with van der Waals surface area (Å²) < 4.78 is 0. The van der Waals surface area contributed by atoms with Crippen molar-refractivity contribution in [3.05, 3.63) is 40.8 Å². The Morgan fingerprint density at radius 3 is 2.86 bits per heavy atom. The highest BCUT2D eigenvalue weighted by Crippen LogP contribution is 2.27. The van der Waals surface area contributed by atoms with Crippen LogP contribution in [-0.2, 0) is 0 Å². The second-order valence-electron chi connectivity index (χ2n) is 7.65. The van der Waals surface area contributed by atoms with Gasteiger partial charge < -0.3 is 15.5 Å². The summed E-state index contributed by atoms with van der Waals surface area (Å²) in [7, 11) is 0. The molecule has 4 rings (SSSR count). The van der Waals surface area contributed by atoms with Crippen molar-refractivity contribution in [3.63, 3.8) is 0 Å². The van der Waals surface area contributed by atoms with Gasteiger partial charge in [-0.15, -0.1) is 0 Å². The van der Waals surface area contributed by atoms with Crippen molar-refractivity contribution in [1.82, 2.24) is 30.4 Å². The van der Waals surface area contributed by atoms with Gasteiger partial charge in [0.05, 0.1) is 5.52 Å². The largest absolute Gasteiger partial charge is 0.333 e. The number of hydrogen-bond acceptors (Lipinski definition) is 6. The number of carbonyl (C=O) groups excluding carboxylic acids is 1. The number of nitrogens with one attached hydrogen (secondary N) is 3. The van der Waals surface area contributed by atoms with Crippen molar-refractivity contribution in [2.24, 2.45) is 0 Å². The molecule has 29 heavy (non-hydrogen) atoms. The number of H-pyrrole nitrogens is 1. The van der Waals surface area contributed by atoms with E-state index in [1.54, 1.807) is 23.1 Å². The number of hydrogen-bond donors (Lipinski definition) is 3.